The number of aryl methyl sites for hydroxylation is 2. The van der Waals surface area contributed by atoms with Crippen molar-refractivity contribution in [2.45, 2.75) is 20.0 Å². The largest absolute Gasteiger partial charge is 0.433 e. The quantitative estimate of drug-likeness (QED) is 0.570. The first-order chi connectivity index (χ1) is 13.1. The van der Waals surface area contributed by atoms with Gasteiger partial charge in [0.15, 0.2) is 0 Å². The first-order valence-corrected chi connectivity index (χ1v) is 8.63. The number of hydrogen-bond acceptors (Lipinski definition) is 3. The molecular weight excluding hydrogens is 391 g/mol. The summed E-state index contributed by atoms with van der Waals surface area (Å²) < 4.78 is 38.2. The fourth-order valence-corrected chi connectivity index (χ4v) is 2.86. The topological polar surface area (TPSA) is 54.9 Å². The Labute approximate surface area is 164 Å². The normalized spacial score (nSPS) is 11.4. The third kappa shape index (κ3) is 4.31. The molecule has 0 aliphatic heterocycles. The molecule has 1 N–H and O–H groups in total. The zero-order valence-electron chi connectivity index (χ0n) is 14.9. The monoisotopic (exact) mass is 405 g/mol. The van der Waals surface area contributed by atoms with Crippen molar-refractivity contribution in [3.05, 3.63) is 76.2 Å². The summed E-state index contributed by atoms with van der Waals surface area (Å²) in [4.78, 5) is 20.3. The molecule has 0 aliphatic rings. The molecule has 0 spiro atoms. The number of hydrogen-bond donors (Lipinski definition) is 1. The van der Waals surface area contributed by atoms with Crippen LogP contribution in [-0.4, -0.2) is 15.9 Å². The van der Waals surface area contributed by atoms with Crippen LogP contribution in [0.5, 0.6) is 0 Å². The number of nitrogens with one attached hydrogen (secondary N) is 1. The molecule has 3 rings (SSSR count). The first kappa shape index (κ1) is 19.8. The van der Waals surface area contributed by atoms with Crippen molar-refractivity contribution in [3.8, 4) is 11.3 Å². The van der Waals surface area contributed by atoms with Crippen molar-refractivity contribution in [1.82, 2.24) is 9.97 Å². The smallest absolute Gasteiger partial charge is 0.322 e. The maximum absolute atomic E-state index is 12.7. The molecule has 0 fully saturated rings. The number of halogens is 4. The van der Waals surface area contributed by atoms with Crippen LogP contribution in [0.2, 0.25) is 5.15 Å². The van der Waals surface area contributed by atoms with Crippen molar-refractivity contribution < 1.29 is 18.0 Å². The summed E-state index contributed by atoms with van der Waals surface area (Å²) in [7, 11) is 0. The van der Waals surface area contributed by atoms with E-state index in [1.165, 1.54) is 6.92 Å². The average Bonchev–Trinajstić information content (AvgIpc) is 2.62. The Kier molecular flexibility index (Phi) is 5.38. The Morgan fingerprint density at radius 1 is 1.04 bits per heavy atom. The van der Waals surface area contributed by atoms with Gasteiger partial charge >= 0.3 is 6.18 Å². The van der Waals surface area contributed by atoms with E-state index in [9.17, 15) is 18.0 Å². The van der Waals surface area contributed by atoms with Crippen molar-refractivity contribution >= 4 is 23.2 Å². The molecule has 1 amide bonds. The van der Waals surface area contributed by atoms with Crippen LogP contribution < -0.4 is 5.32 Å². The predicted molar refractivity (Wildman–Crippen MR) is 101 cm³/mol. The van der Waals surface area contributed by atoms with Gasteiger partial charge in [0.25, 0.3) is 5.91 Å². The summed E-state index contributed by atoms with van der Waals surface area (Å²) in [5.41, 5.74) is 1.86. The summed E-state index contributed by atoms with van der Waals surface area (Å²) in [5, 5.41) is 3.03. The number of alkyl halides is 3. The van der Waals surface area contributed by atoms with Crippen molar-refractivity contribution in [2.24, 2.45) is 0 Å². The van der Waals surface area contributed by atoms with Gasteiger partial charge in [-0.25, -0.2) is 9.97 Å². The lowest BCUT2D eigenvalue weighted by Gasteiger charge is -2.12. The Balaban J connectivity index is 1.88. The molecule has 28 heavy (non-hydrogen) atoms. The maximum Gasteiger partial charge on any atom is 0.433 e. The van der Waals surface area contributed by atoms with Gasteiger partial charge in [-0.15, -0.1) is 0 Å². The summed E-state index contributed by atoms with van der Waals surface area (Å²) in [6.45, 7) is 3.26. The van der Waals surface area contributed by atoms with E-state index in [0.29, 0.717) is 16.5 Å². The average molecular weight is 406 g/mol. The summed E-state index contributed by atoms with van der Waals surface area (Å²) >= 11 is 5.95. The second-order valence-corrected chi connectivity index (χ2v) is 6.54. The minimum Gasteiger partial charge on any atom is -0.322 e. The minimum absolute atomic E-state index is 0.00355. The van der Waals surface area contributed by atoms with Gasteiger partial charge in [-0.1, -0.05) is 23.7 Å². The predicted octanol–water partition coefficient (Wildman–Crippen LogP) is 5.68. The van der Waals surface area contributed by atoms with Crippen molar-refractivity contribution in [3.63, 3.8) is 0 Å². The van der Waals surface area contributed by atoms with E-state index >= 15 is 0 Å². The van der Waals surface area contributed by atoms with E-state index in [2.05, 4.69) is 15.3 Å². The second-order valence-electron chi connectivity index (χ2n) is 6.16. The highest BCUT2D eigenvalue weighted by molar-refractivity contribution is 6.29. The molecule has 2 heterocycles. The molecular formula is C20H15ClF3N3O. The molecule has 144 valence electrons. The number of amides is 1. The fourth-order valence-electron chi connectivity index (χ4n) is 2.69. The minimum atomic E-state index is -4.56. The van der Waals surface area contributed by atoms with Gasteiger partial charge in [-0.3, -0.25) is 4.79 Å². The lowest BCUT2D eigenvalue weighted by molar-refractivity contribution is -0.141. The first-order valence-electron chi connectivity index (χ1n) is 8.25. The number of pyridine rings is 2. The third-order valence-electron chi connectivity index (χ3n) is 4.11. The van der Waals surface area contributed by atoms with Crippen LogP contribution in [0.15, 0.2) is 48.5 Å². The number of nitrogens with zero attached hydrogens (tertiary/aromatic N) is 2. The van der Waals surface area contributed by atoms with Gasteiger partial charge in [0.05, 0.1) is 17.0 Å². The molecule has 8 heteroatoms. The lowest BCUT2D eigenvalue weighted by atomic mass is 10.0. The Hall–Kier alpha value is -2.93. The lowest BCUT2D eigenvalue weighted by Crippen LogP contribution is -2.16. The zero-order chi connectivity index (χ0) is 20.5. The number of rotatable bonds is 3. The molecule has 1 aromatic carbocycles. The van der Waals surface area contributed by atoms with Crippen molar-refractivity contribution in [1.29, 1.82) is 0 Å². The van der Waals surface area contributed by atoms with Crippen LogP contribution in [0.3, 0.4) is 0 Å². The van der Waals surface area contributed by atoms with Crippen molar-refractivity contribution in [2.75, 3.05) is 5.32 Å². The van der Waals surface area contributed by atoms with E-state index in [0.717, 1.165) is 23.3 Å². The molecule has 0 bridgehead atoms. The molecule has 0 unspecified atom stereocenters. The van der Waals surface area contributed by atoms with Crippen LogP contribution in [0.4, 0.5) is 18.9 Å². The summed E-state index contributed by atoms with van der Waals surface area (Å²) in [5.74, 6) is -0.549. The van der Waals surface area contributed by atoms with Crippen LogP contribution in [0, 0.1) is 13.8 Å². The second kappa shape index (κ2) is 7.59. The number of anilines is 1. The number of benzene rings is 1. The van der Waals surface area contributed by atoms with E-state index in [4.69, 9.17) is 11.6 Å². The molecule has 0 radical (unpaired) electrons. The SMILES string of the molecule is Cc1ccc(NC(=O)c2ccc(C(F)(F)F)nc2C)cc1-c1cccc(Cl)n1. The standard InChI is InChI=1S/C20H15ClF3N3O/c1-11-6-7-13(10-15(11)16-4-3-5-18(21)27-16)26-19(28)14-8-9-17(20(22,23)24)25-12(14)2/h3-10H,1-2H3,(H,26,28). The zero-order valence-corrected chi connectivity index (χ0v) is 15.7. The number of aromatic nitrogens is 2. The van der Waals surface area contributed by atoms with Gasteiger partial charge in [0.2, 0.25) is 0 Å². The van der Waals surface area contributed by atoms with E-state index < -0.39 is 17.8 Å². The van der Waals surface area contributed by atoms with Gasteiger partial charge in [0, 0.05) is 11.3 Å². The Morgan fingerprint density at radius 2 is 1.79 bits per heavy atom. The maximum atomic E-state index is 12.7. The highest BCUT2D eigenvalue weighted by Crippen LogP contribution is 2.29. The van der Waals surface area contributed by atoms with Crippen LogP contribution in [-0.2, 0) is 6.18 Å². The number of carbonyl (C=O) groups is 1. The van der Waals surface area contributed by atoms with Gasteiger partial charge in [0.1, 0.15) is 10.8 Å². The molecule has 3 aromatic rings. The summed E-state index contributed by atoms with van der Waals surface area (Å²) in [6, 6.07) is 12.4. The number of carbonyl (C=O) groups excluding carboxylic acids is 1. The molecule has 0 saturated heterocycles. The van der Waals surface area contributed by atoms with Crippen LogP contribution >= 0.6 is 11.6 Å². The molecule has 0 atom stereocenters. The molecule has 2 aromatic heterocycles. The molecule has 0 aliphatic carbocycles. The van der Waals surface area contributed by atoms with E-state index in [1.54, 1.807) is 30.3 Å². The molecule has 4 nitrogen and oxygen atoms in total. The van der Waals surface area contributed by atoms with Gasteiger partial charge < -0.3 is 5.32 Å². The Bertz CT molecular complexity index is 1050. The fraction of sp³-hybridized carbons (Fsp3) is 0.150. The van der Waals surface area contributed by atoms with Gasteiger partial charge in [-0.2, -0.15) is 13.2 Å². The highest BCUT2D eigenvalue weighted by atomic mass is 35.5. The summed E-state index contributed by atoms with van der Waals surface area (Å²) in [6.07, 6.45) is -4.56. The van der Waals surface area contributed by atoms with E-state index in [-0.39, 0.29) is 11.3 Å². The van der Waals surface area contributed by atoms with Gasteiger partial charge in [-0.05, 0) is 55.8 Å². The van der Waals surface area contributed by atoms with E-state index in [1.807, 2.05) is 13.0 Å². The Morgan fingerprint density at radius 3 is 2.43 bits per heavy atom. The van der Waals surface area contributed by atoms with Crippen LogP contribution in [0.1, 0.15) is 27.3 Å². The highest BCUT2D eigenvalue weighted by Gasteiger charge is 2.33. The van der Waals surface area contributed by atoms with Crippen LogP contribution in [0.25, 0.3) is 11.3 Å². The third-order valence-corrected chi connectivity index (χ3v) is 4.32. The molecule has 0 saturated carbocycles.